The second kappa shape index (κ2) is 7.01. The molecule has 0 saturated carbocycles. The largest absolute Gasteiger partial charge is 0.369 e. The van der Waals surface area contributed by atoms with Gasteiger partial charge in [0.1, 0.15) is 5.69 Å². The van der Waals surface area contributed by atoms with Crippen LogP contribution >= 0.6 is 0 Å². The van der Waals surface area contributed by atoms with Crippen molar-refractivity contribution >= 4 is 17.3 Å². The topological polar surface area (TPSA) is 48.5 Å². The van der Waals surface area contributed by atoms with Gasteiger partial charge in [0.2, 0.25) is 0 Å². The molecule has 2 heterocycles. The Labute approximate surface area is 143 Å². The van der Waals surface area contributed by atoms with E-state index in [0.29, 0.717) is 5.69 Å². The third-order valence-corrected chi connectivity index (χ3v) is 4.49. The fourth-order valence-electron chi connectivity index (χ4n) is 2.86. The maximum atomic E-state index is 12.6. The number of piperazine rings is 1. The minimum absolute atomic E-state index is 0.167. The summed E-state index contributed by atoms with van der Waals surface area (Å²) in [4.78, 5) is 21.4. The van der Waals surface area contributed by atoms with E-state index in [4.69, 9.17) is 0 Å². The molecule has 0 atom stereocenters. The fourth-order valence-corrected chi connectivity index (χ4v) is 2.86. The molecule has 0 aliphatic carbocycles. The summed E-state index contributed by atoms with van der Waals surface area (Å²) in [5, 5.41) is 2.98. The molecule has 1 aliphatic heterocycles. The number of nitrogens with one attached hydrogen (secondary N) is 1. The minimum Gasteiger partial charge on any atom is -0.369 e. The fraction of sp³-hybridized carbons (Fsp3) is 0.368. The van der Waals surface area contributed by atoms with E-state index < -0.39 is 0 Å². The highest BCUT2D eigenvalue weighted by Crippen LogP contribution is 2.19. The zero-order chi connectivity index (χ0) is 17.1. The Morgan fingerprint density at radius 1 is 1.08 bits per heavy atom. The van der Waals surface area contributed by atoms with Gasteiger partial charge in [0.05, 0.1) is 0 Å². The third kappa shape index (κ3) is 3.74. The number of amides is 1. The number of aryl methyl sites for hydroxylation is 2. The number of aromatic nitrogens is 1. The first kappa shape index (κ1) is 16.5. The van der Waals surface area contributed by atoms with Crippen molar-refractivity contribution in [1.29, 1.82) is 0 Å². The van der Waals surface area contributed by atoms with E-state index in [1.54, 1.807) is 6.20 Å². The molecule has 0 unspecified atom stereocenters. The van der Waals surface area contributed by atoms with E-state index in [0.717, 1.165) is 48.7 Å². The molecule has 0 spiro atoms. The number of anilines is 2. The predicted molar refractivity (Wildman–Crippen MR) is 97.8 cm³/mol. The number of rotatable bonds is 3. The van der Waals surface area contributed by atoms with Crippen LogP contribution in [0.3, 0.4) is 0 Å². The molecule has 1 aromatic heterocycles. The second-order valence-corrected chi connectivity index (χ2v) is 6.46. The second-order valence-electron chi connectivity index (χ2n) is 6.46. The summed E-state index contributed by atoms with van der Waals surface area (Å²) in [6, 6.07) is 9.89. The summed E-state index contributed by atoms with van der Waals surface area (Å²) in [6.07, 6.45) is 1.71. The Morgan fingerprint density at radius 3 is 2.58 bits per heavy atom. The Morgan fingerprint density at radius 2 is 1.83 bits per heavy atom. The number of hydrogen-bond acceptors (Lipinski definition) is 4. The van der Waals surface area contributed by atoms with Crippen molar-refractivity contribution in [2.75, 3.05) is 43.4 Å². The lowest BCUT2D eigenvalue weighted by Gasteiger charge is -2.34. The first-order valence-electron chi connectivity index (χ1n) is 8.31. The Balaban J connectivity index is 1.76. The van der Waals surface area contributed by atoms with Gasteiger partial charge in [-0.25, -0.2) is 0 Å². The van der Waals surface area contributed by atoms with E-state index in [-0.39, 0.29) is 5.91 Å². The molecule has 0 radical (unpaired) electrons. The monoisotopic (exact) mass is 324 g/mol. The van der Waals surface area contributed by atoms with Crippen LogP contribution in [0.5, 0.6) is 0 Å². The minimum atomic E-state index is -0.167. The number of hydrogen-bond donors (Lipinski definition) is 1. The van der Waals surface area contributed by atoms with Crippen molar-refractivity contribution in [3.05, 3.63) is 53.3 Å². The molecular weight excluding hydrogens is 300 g/mol. The van der Waals surface area contributed by atoms with Gasteiger partial charge in [-0.05, 0) is 50.2 Å². The van der Waals surface area contributed by atoms with Gasteiger partial charge in [0.25, 0.3) is 5.91 Å². The smallest absolute Gasteiger partial charge is 0.274 e. The number of pyridine rings is 1. The van der Waals surface area contributed by atoms with Crippen molar-refractivity contribution < 1.29 is 4.79 Å². The van der Waals surface area contributed by atoms with Crippen LogP contribution in [-0.4, -0.2) is 49.0 Å². The molecule has 2 aromatic rings. The third-order valence-electron chi connectivity index (χ3n) is 4.49. The molecular formula is C19H24N4O. The SMILES string of the molecule is Cc1ccc(C)c(NC(=O)c2cc(N3CCN(C)CC3)ccn2)c1. The normalized spacial score (nSPS) is 15.4. The highest BCUT2D eigenvalue weighted by Gasteiger charge is 2.16. The van der Waals surface area contributed by atoms with E-state index in [2.05, 4.69) is 27.1 Å². The molecule has 5 nitrogen and oxygen atoms in total. The van der Waals surface area contributed by atoms with Gasteiger partial charge in [0.15, 0.2) is 0 Å². The molecule has 1 amide bonds. The molecule has 1 N–H and O–H groups in total. The van der Waals surface area contributed by atoms with Gasteiger partial charge in [-0.1, -0.05) is 12.1 Å². The Hall–Kier alpha value is -2.40. The average Bonchev–Trinajstić information content (AvgIpc) is 2.59. The molecule has 1 saturated heterocycles. The lowest BCUT2D eigenvalue weighted by molar-refractivity contribution is 0.102. The van der Waals surface area contributed by atoms with E-state index in [1.165, 1.54) is 0 Å². The van der Waals surface area contributed by atoms with Crippen molar-refractivity contribution in [2.24, 2.45) is 0 Å². The van der Waals surface area contributed by atoms with Crippen molar-refractivity contribution in [3.63, 3.8) is 0 Å². The summed E-state index contributed by atoms with van der Waals surface area (Å²) < 4.78 is 0. The molecule has 1 aliphatic rings. The molecule has 1 fully saturated rings. The molecule has 3 rings (SSSR count). The molecule has 24 heavy (non-hydrogen) atoms. The van der Waals surface area contributed by atoms with Crippen LogP contribution in [0.1, 0.15) is 21.6 Å². The maximum absolute atomic E-state index is 12.6. The van der Waals surface area contributed by atoms with Gasteiger partial charge in [0, 0.05) is 43.8 Å². The van der Waals surface area contributed by atoms with Gasteiger partial charge < -0.3 is 15.1 Å². The number of benzene rings is 1. The van der Waals surface area contributed by atoms with Crippen LogP contribution in [0.4, 0.5) is 11.4 Å². The Kier molecular flexibility index (Phi) is 4.81. The molecule has 5 heteroatoms. The number of nitrogens with zero attached hydrogens (tertiary/aromatic N) is 3. The number of carbonyl (C=O) groups is 1. The number of likely N-dealkylation sites (N-methyl/N-ethyl adjacent to an activating group) is 1. The summed E-state index contributed by atoms with van der Waals surface area (Å²) in [6.45, 7) is 8.01. The Bertz CT molecular complexity index is 736. The molecule has 126 valence electrons. The molecule has 0 bridgehead atoms. The zero-order valence-electron chi connectivity index (χ0n) is 14.5. The molecule has 1 aromatic carbocycles. The van der Waals surface area contributed by atoms with E-state index in [1.807, 2.05) is 44.2 Å². The van der Waals surface area contributed by atoms with Crippen molar-refractivity contribution in [2.45, 2.75) is 13.8 Å². The lowest BCUT2D eigenvalue weighted by Crippen LogP contribution is -2.44. The van der Waals surface area contributed by atoms with Crippen LogP contribution in [0.15, 0.2) is 36.5 Å². The van der Waals surface area contributed by atoms with E-state index in [9.17, 15) is 4.79 Å². The number of carbonyl (C=O) groups excluding carboxylic acids is 1. The first-order valence-corrected chi connectivity index (χ1v) is 8.31. The van der Waals surface area contributed by atoms with Gasteiger partial charge >= 0.3 is 0 Å². The summed E-state index contributed by atoms with van der Waals surface area (Å²) in [5.74, 6) is -0.167. The average molecular weight is 324 g/mol. The maximum Gasteiger partial charge on any atom is 0.274 e. The first-order chi connectivity index (χ1) is 11.5. The predicted octanol–water partition coefficient (Wildman–Crippen LogP) is 2.70. The van der Waals surface area contributed by atoms with Crippen LogP contribution in [0, 0.1) is 13.8 Å². The van der Waals surface area contributed by atoms with Crippen molar-refractivity contribution in [3.8, 4) is 0 Å². The summed E-state index contributed by atoms with van der Waals surface area (Å²) >= 11 is 0. The van der Waals surface area contributed by atoms with Crippen LogP contribution < -0.4 is 10.2 Å². The van der Waals surface area contributed by atoms with Crippen LogP contribution in [-0.2, 0) is 0 Å². The lowest BCUT2D eigenvalue weighted by atomic mass is 10.1. The van der Waals surface area contributed by atoms with Gasteiger partial charge in [-0.2, -0.15) is 0 Å². The van der Waals surface area contributed by atoms with Crippen molar-refractivity contribution in [1.82, 2.24) is 9.88 Å². The van der Waals surface area contributed by atoms with Gasteiger partial charge in [-0.15, -0.1) is 0 Å². The summed E-state index contributed by atoms with van der Waals surface area (Å²) in [5.41, 5.74) is 4.52. The van der Waals surface area contributed by atoms with Crippen LogP contribution in [0.2, 0.25) is 0 Å². The quantitative estimate of drug-likeness (QED) is 0.943. The highest BCUT2D eigenvalue weighted by molar-refractivity contribution is 6.03. The van der Waals surface area contributed by atoms with Crippen LogP contribution in [0.25, 0.3) is 0 Å². The zero-order valence-corrected chi connectivity index (χ0v) is 14.5. The standard InChI is InChI=1S/C19H24N4O/c1-14-4-5-15(2)17(12-14)21-19(24)18-13-16(6-7-20-18)23-10-8-22(3)9-11-23/h4-7,12-13H,8-11H2,1-3H3,(H,21,24). The highest BCUT2D eigenvalue weighted by atomic mass is 16.1. The summed E-state index contributed by atoms with van der Waals surface area (Å²) in [7, 11) is 2.13. The van der Waals surface area contributed by atoms with E-state index >= 15 is 0 Å². The van der Waals surface area contributed by atoms with Gasteiger partial charge in [-0.3, -0.25) is 9.78 Å².